The van der Waals surface area contributed by atoms with Crippen LogP contribution in [0.5, 0.6) is 0 Å². The van der Waals surface area contributed by atoms with Crippen LogP contribution in [0.2, 0.25) is 0 Å². The van der Waals surface area contributed by atoms with Crippen molar-refractivity contribution in [2.24, 2.45) is 0 Å². The van der Waals surface area contributed by atoms with Gasteiger partial charge in [0.25, 0.3) is 5.69 Å². The first kappa shape index (κ1) is 14.6. The lowest BCUT2D eigenvalue weighted by Gasteiger charge is -2.10. The number of rotatable bonds is 6. The first-order valence-electron chi connectivity index (χ1n) is 5.59. The lowest BCUT2D eigenvalue weighted by molar-refractivity contribution is -0.385. The lowest BCUT2D eigenvalue weighted by atomic mass is 10.2. The standard InChI is InChI=1S/C11H17N3O3S/c1-8-6-11(13-7-10(8)14(15)16)12-5-4-9(2)18(3)17/h6-7,9H,4-5H2,1-3H3,(H,12,13). The van der Waals surface area contributed by atoms with E-state index in [1.165, 1.54) is 6.20 Å². The molecule has 1 rings (SSSR count). The number of nitro groups is 1. The summed E-state index contributed by atoms with van der Waals surface area (Å²) in [5.41, 5.74) is 0.591. The number of hydrogen-bond donors (Lipinski definition) is 1. The first-order chi connectivity index (χ1) is 8.41. The number of nitrogens with one attached hydrogen (secondary N) is 1. The third-order valence-corrected chi connectivity index (χ3v) is 4.07. The van der Waals surface area contributed by atoms with Crippen LogP contribution in [-0.4, -0.2) is 32.2 Å². The smallest absolute Gasteiger partial charge is 0.290 e. The highest BCUT2D eigenvalue weighted by molar-refractivity contribution is 7.84. The highest BCUT2D eigenvalue weighted by atomic mass is 32.2. The number of aromatic nitrogens is 1. The number of nitrogens with zero attached hydrogens (tertiary/aromatic N) is 2. The van der Waals surface area contributed by atoms with Crippen LogP contribution in [0.25, 0.3) is 0 Å². The van der Waals surface area contributed by atoms with Crippen molar-refractivity contribution in [3.63, 3.8) is 0 Å². The summed E-state index contributed by atoms with van der Waals surface area (Å²) in [4.78, 5) is 14.1. The highest BCUT2D eigenvalue weighted by Crippen LogP contribution is 2.18. The van der Waals surface area contributed by atoms with E-state index in [2.05, 4.69) is 10.3 Å². The molecule has 0 aliphatic heterocycles. The summed E-state index contributed by atoms with van der Waals surface area (Å²) in [5.74, 6) is 0.604. The minimum atomic E-state index is -0.832. The van der Waals surface area contributed by atoms with Crippen LogP contribution in [0.3, 0.4) is 0 Å². The zero-order valence-corrected chi connectivity index (χ0v) is 11.5. The van der Waals surface area contributed by atoms with Gasteiger partial charge < -0.3 is 5.32 Å². The SMILES string of the molecule is Cc1cc(NCCC(C)S(C)=O)ncc1[N+](=O)[O-]. The maximum absolute atomic E-state index is 11.2. The average molecular weight is 271 g/mol. The molecule has 0 saturated heterocycles. The Kier molecular flexibility index (Phi) is 5.21. The second-order valence-corrected chi connectivity index (χ2v) is 5.94. The minimum Gasteiger partial charge on any atom is -0.370 e. The Balaban J connectivity index is 2.56. The van der Waals surface area contributed by atoms with Gasteiger partial charge in [-0.05, 0) is 19.4 Å². The van der Waals surface area contributed by atoms with Gasteiger partial charge in [0, 0.05) is 34.4 Å². The molecule has 0 aromatic carbocycles. The Morgan fingerprint density at radius 2 is 2.28 bits per heavy atom. The fourth-order valence-electron chi connectivity index (χ4n) is 1.41. The van der Waals surface area contributed by atoms with Crippen LogP contribution in [-0.2, 0) is 10.8 Å². The predicted molar refractivity (Wildman–Crippen MR) is 72.3 cm³/mol. The summed E-state index contributed by atoms with van der Waals surface area (Å²) < 4.78 is 11.2. The van der Waals surface area contributed by atoms with Crippen molar-refractivity contribution in [2.75, 3.05) is 18.1 Å². The van der Waals surface area contributed by atoms with E-state index in [0.717, 1.165) is 6.42 Å². The zero-order valence-electron chi connectivity index (χ0n) is 10.7. The quantitative estimate of drug-likeness (QED) is 0.630. The van der Waals surface area contributed by atoms with Crippen molar-refractivity contribution in [2.45, 2.75) is 25.5 Å². The fourth-order valence-corrected chi connectivity index (χ4v) is 1.86. The first-order valence-corrected chi connectivity index (χ1v) is 7.21. The van der Waals surface area contributed by atoms with Gasteiger partial charge in [-0.1, -0.05) is 6.92 Å². The average Bonchev–Trinajstić information content (AvgIpc) is 2.28. The van der Waals surface area contributed by atoms with E-state index in [1.807, 2.05) is 6.92 Å². The van der Waals surface area contributed by atoms with Crippen LogP contribution in [0, 0.1) is 17.0 Å². The van der Waals surface area contributed by atoms with Crippen LogP contribution in [0.1, 0.15) is 18.9 Å². The molecule has 0 aliphatic rings. The molecule has 6 nitrogen and oxygen atoms in total. The molecule has 0 spiro atoms. The molecular weight excluding hydrogens is 254 g/mol. The Morgan fingerprint density at radius 1 is 1.61 bits per heavy atom. The van der Waals surface area contributed by atoms with Gasteiger partial charge in [0.05, 0.1) is 4.92 Å². The summed E-state index contributed by atoms with van der Waals surface area (Å²) in [7, 11) is -0.832. The second-order valence-electron chi connectivity index (χ2n) is 4.14. The van der Waals surface area contributed by atoms with Crippen molar-refractivity contribution in [3.8, 4) is 0 Å². The molecular formula is C11H17N3O3S. The molecule has 2 unspecified atom stereocenters. The van der Waals surface area contributed by atoms with E-state index >= 15 is 0 Å². The van der Waals surface area contributed by atoms with Crippen molar-refractivity contribution in [1.82, 2.24) is 4.98 Å². The third-order valence-electron chi connectivity index (χ3n) is 2.70. The molecule has 0 fully saturated rings. The van der Waals surface area contributed by atoms with Crippen LogP contribution < -0.4 is 5.32 Å². The number of anilines is 1. The molecule has 1 aromatic heterocycles. The second kappa shape index (κ2) is 6.44. The molecule has 1 heterocycles. The molecule has 7 heteroatoms. The zero-order chi connectivity index (χ0) is 13.7. The summed E-state index contributed by atoms with van der Waals surface area (Å²) in [6.45, 7) is 4.24. The van der Waals surface area contributed by atoms with Gasteiger partial charge in [-0.2, -0.15) is 0 Å². The van der Waals surface area contributed by atoms with Gasteiger partial charge in [-0.3, -0.25) is 14.3 Å². The molecule has 0 saturated carbocycles. The Morgan fingerprint density at radius 3 is 2.78 bits per heavy atom. The Hall–Kier alpha value is -1.50. The Labute approximate surface area is 108 Å². The van der Waals surface area contributed by atoms with Gasteiger partial charge in [-0.25, -0.2) is 4.98 Å². The molecule has 100 valence electrons. The van der Waals surface area contributed by atoms with Crippen LogP contribution >= 0.6 is 0 Å². The van der Waals surface area contributed by atoms with Crippen LogP contribution in [0.15, 0.2) is 12.3 Å². The predicted octanol–water partition coefficient (Wildman–Crippen LogP) is 1.87. The molecule has 1 aromatic rings. The molecule has 2 atom stereocenters. The van der Waals surface area contributed by atoms with Crippen molar-refractivity contribution in [1.29, 1.82) is 0 Å². The maximum Gasteiger partial charge on any atom is 0.290 e. The topological polar surface area (TPSA) is 85.1 Å². The largest absolute Gasteiger partial charge is 0.370 e. The highest BCUT2D eigenvalue weighted by Gasteiger charge is 2.11. The molecule has 0 aliphatic carbocycles. The van der Waals surface area contributed by atoms with Gasteiger partial charge in [0.1, 0.15) is 12.0 Å². The minimum absolute atomic E-state index is 0.0172. The van der Waals surface area contributed by atoms with Crippen molar-refractivity contribution < 1.29 is 9.13 Å². The van der Waals surface area contributed by atoms with Crippen LogP contribution in [0.4, 0.5) is 11.5 Å². The summed E-state index contributed by atoms with van der Waals surface area (Å²) in [6, 6.07) is 1.64. The van der Waals surface area contributed by atoms with E-state index in [-0.39, 0.29) is 10.9 Å². The van der Waals surface area contributed by atoms with E-state index in [1.54, 1.807) is 19.2 Å². The number of hydrogen-bond acceptors (Lipinski definition) is 5. The summed E-state index contributed by atoms with van der Waals surface area (Å²) >= 11 is 0. The van der Waals surface area contributed by atoms with Gasteiger partial charge in [-0.15, -0.1) is 0 Å². The van der Waals surface area contributed by atoms with Crippen molar-refractivity contribution >= 4 is 22.3 Å². The molecule has 18 heavy (non-hydrogen) atoms. The number of pyridine rings is 1. The van der Waals surface area contributed by atoms with Crippen molar-refractivity contribution in [3.05, 3.63) is 27.9 Å². The lowest BCUT2D eigenvalue weighted by Crippen LogP contribution is -2.15. The molecule has 0 amide bonds. The Bertz CT molecular complexity index is 465. The molecule has 0 bridgehead atoms. The van der Waals surface area contributed by atoms with Gasteiger partial charge in [0.2, 0.25) is 0 Å². The van der Waals surface area contributed by atoms with E-state index in [9.17, 15) is 14.3 Å². The summed E-state index contributed by atoms with van der Waals surface area (Å²) in [6.07, 6.45) is 3.69. The monoisotopic (exact) mass is 271 g/mol. The maximum atomic E-state index is 11.2. The van der Waals surface area contributed by atoms with E-state index in [0.29, 0.717) is 17.9 Å². The summed E-state index contributed by atoms with van der Waals surface area (Å²) in [5, 5.41) is 13.8. The third kappa shape index (κ3) is 4.06. The fraction of sp³-hybridized carbons (Fsp3) is 0.545. The van der Waals surface area contributed by atoms with Gasteiger partial charge >= 0.3 is 0 Å². The van der Waals surface area contributed by atoms with Gasteiger partial charge in [0.15, 0.2) is 0 Å². The van der Waals surface area contributed by atoms with E-state index in [4.69, 9.17) is 0 Å². The van der Waals surface area contributed by atoms with E-state index < -0.39 is 15.7 Å². The molecule has 1 N–H and O–H groups in total. The normalized spacial score (nSPS) is 13.9. The molecule has 0 radical (unpaired) electrons. The number of aryl methyl sites for hydroxylation is 1.